The molecule has 186 valence electrons. The highest BCUT2D eigenvalue weighted by atomic mass is 32.2. The van der Waals surface area contributed by atoms with Crippen molar-refractivity contribution in [3.63, 3.8) is 0 Å². The molecule has 2 aromatic rings. The predicted octanol–water partition coefficient (Wildman–Crippen LogP) is 4.10. The Morgan fingerprint density at radius 3 is 2.50 bits per heavy atom. The van der Waals surface area contributed by atoms with Crippen molar-refractivity contribution in [3.05, 3.63) is 58.7 Å². The average Bonchev–Trinajstić information content (AvgIpc) is 2.87. The molecule has 2 heterocycles. The summed E-state index contributed by atoms with van der Waals surface area (Å²) in [6, 6.07) is 11.4. The zero-order chi connectivity index (χ0) is 24.3. The SMILES string of the molecule is CCc1ccc2c(c1)CCC(CC)N2S(=O)(=O)c1ccc(C(O)CN2CCOCC2)c(CC)c1. The fourth-order valence-corrected chi connectivity index (χ4v) is 7.06. The summed E-state index contributed by atoms with van der Waals surface area (Å²) in [5, 5.41) is 10.9. The van der Waals surface area contributed by atoms with Crippen molar-refractivity contribution in [2.24, 2.45) is 0 Å². The number of hydrogen-bond acceptors (Lipinski definition) is 5. The van der Waals surface area contributed by atoms with Crippen LogP contribution in [-0.2, 0) is 34.0 Å². The minimum absolute atomic E-state index is 0.0540. The van der Waals surface area contributed by atoms with Crippen LogP contribution >= 0.6 is 0 Å². The number of fused-ring (bicyclic) bond motifs is 1. The van der Waals surface area contributed by atoms with Gasteiger partial charge < -0.3 is 9.84 Å². The fourth-order valence-electron chi connectivity index (χ4n) is 5.22. The molecule has 4 rings (SSSR count). The molecule has 2 unspecified atom stereocenters. The van der Waals surface area contributed by atoms with E-state index >= 15 is 0 Å². The number of sulfonamides is 1. The monoisotopic (exact) mass is 486 g/mol. The highest BCUT2D eigenvalue weighted by molar-refractivity contribution is 7.92. The number of β-amino-alcohol motifs (C(OH)–C–C–N with tert-alkyl or cyclic N) is 1. The summed E-state index contributed by atoms with van der Waals surface area (Å²) in [6.07, 6.45) is 3.44. The number of hydrogen-bond donors (Lipinski definition) is 1. The number of aryl methyl sites for hydroxylation is 3. The van der Waals surface area contributed by atoms with Crippen LogP contribution in [0.4, 0.5) is 5.69 Å². The van der Waals surface area contributed by atoms with Crippen LogP contribution in [0.5, 0.6) is 0 Å². The van der Waals surface area contributed by atoms with Crippen LogP contribution < -0.4 is 4.31 Å². The third-order valence-electron chi connectivity index (χ3n) is 7.29. The van der Waals surface area contributed by atoms with E-state index in [1.165, 1.54) is 5.56 Å². The number of benzene rings is 2. The van der Waals surface area contributed by atoms with Gasteiger partial charge in [0.2, 0.25) is 0 Å². The molecule has 1 saturated heterocycles. The lowest BCUT2D eigenvalue weighted by molar-refractivity contribution is 0.0142. The zero-order valence-electron chi connectivity index (χ0n) is 20.7. The summed E-state index contributed by atoms with van der Waals surface area (Å²) in [4.78, 5) is 2.50. The molecule has 2 aliphatic rings. The highest BCUT2D eigenvalue weighted by Crippen LogP contribution is 2.38. The average molecular weight is 487 g/mol. The van der Waals surface area contributed by atoms with E-state index < -0.39 is 16.1 Å². The van der Waals surface area contributed by atoms with Gasteiger partial charge in [0.05, 0.1) is 29.9 Å². The summed E-state index contributed by atoms with van der Waals surface area (Å²) in [5.74, 6) is 0. The van der Waals surface area contributed by atoms with Crippen molar-refractivity contribution in [2.45, 2.75) is 69.9 Å². The Morgan fingerprint density at radius 2 is 1.82 bits per heavy atom. The predicted molar refractivity (Wildman–Crippen MR) is 136 cm³/mol. The van der Waals surface area contributed by atoms with E-state index in [2.05, 4.69) is 24.8 Å². The molecule has 0 saturated carbocycles. The van der Waals surface area contributed by atoms with Gasteiger partial charge in [-0.2, -0.15) is 0 Å². The van der Waals surface area contributed by atoms with Crippen molar-refractivity contribution in [1.29, 1.82) is 0 Å². The van der Waals surface area contributed by atoms with Crippen LogP contribution in [0.15, 0.2) is 41.3 Å². The van der Waals surface area contributed by atoms with Crippen molar-refractivity contribution in [1.82, 2.24) is 4.90 Å². The molecular weight excluding hydrogens is 448 g/mol. The van der Waals surface area contributed by atoms with Gasteiger partial charge in [0, 0.05) is 25.7 Å². The first kappa shape index (κ1) is 25.2. The second-order valence-corrected chi connectivity index (χ2v) is 11.2. The number of rotatable bonds is 8. The van der Waals surface area contributed by atoms with E-state index in [1.807, 2.05) is 25.1 Å². The third-order valence-corrected chi connectivity index (χ3v) is 9.15. The molecule has 7 heteroatoms. The first-order chi connectivity index (χ1) is 16.4. The molecule has 2 aromatic carbocycles. The number of ether oxygens (including phenoxy) is 1. The second kappa shape index (κ2) is 10.8. The van der Waals surface area contributed by atoms with E-state index in [-0.39, 0.29) is 6.04 Å². The lowest BCUT2D eigenvalue weighted by atomic mass is 9.94. The van der Waals surface area contributed by atoms with Gasteiger partial charge >= 0.3 is 0 Å². The quantitative estimate of drug-likeness (QED) is 0.608. The van der Waals surface area contributed by atoms with Gasteiger partial charge in [-0.3, -0.25) is 9.21 Å². The number of morpholine rings is 1. The Morgan fingerprint density at radius 1 is 1.06 bits per heavy atom. The molecule has 2 aliphatic heterocycles. The van der Waals surface area contributed by atoms with E-state index in [0.717, 1.165) is 61.2 Å². The maximum Gasteiger partial charge on any atom is 0.264 e. The molecule has 0 bridgehead atoms. The normalized spacial score (nSPS) is 20.2. The van der Waals surface area contributed by atoms with E-state index in [1.54, 1.807) is 16.4 Å². The maximum atomic E-state index is 14.0. The Kier molecular flexibility index (Phi) is 7.97. The van der Waals surface area contributed by atoms with Gasteiger partial charge in [0.25, 0.3) is 10.0 Å². The van der Waals surface area contributed by atoms with Crippen LogP contribution in [-0.4, -0.2) is 57.3 Å². The van der Waals surface area contributed by atoms with Crippen molar-refractivity contribution in [3.8, 4) is 0 Å². The third kappa shape index (κ3) is 5.03. The number of nitrogens with zero attached hydrogens (tertiary/aromatic N) is 2. The van der Waals surface area contributed by atoms with Crippen LogP contribution in [0.1, 0.15) is 62.0 Å². The Labute approximate surface area is 204 Å². The van der Waals surface area contributed by atoms with E-state index in [4.69, 9.17) is 4.74 Å². The first-order valence-corrected chi connectivity index (χ1v) is 14.1. The zero-order valence-corrected chi connectivity index (χ0v) is 21.5. The van der Waals surface area contributed by atoms with Crippen molar-refractivity contribution in [2.75, 3.05) is 37.2 Å². The summed E-state index contributed by atoms with van der Waals surface area (Å²) < 4.78 is 35.0. The van der Waals surface area contributed by atoms with Gasteiger partial charge in [0.15, 0.2) is 0 Å². The number of aliphatic hydroxyl groups is 1. The summed E-state index contributed by atoms with van der Waals surface area (Å²) >= 11 is 0. The van der Waals surface area contributed by atoms with E-state index in [0.29, 0.717) is 31.1 Å². The first-order valence-electron chi connectivity index (χ1n) is 12.7. The molecular formula is C27H38N2O4S. The lowest BCUT2D eigenvalue weighted by Crippen LogP contribution is -2.43. The molecule has 1 N–H and O–H groups in total. The maximum absolute atomic E-state index is 14.0. The molecule has 0 aliphatic carbocycles. The minimum atomic E-state index is -3.73. The Bertz CT molecular complexity index is 1100. The highest BCUT2D eigenvalue weighted by Gasteiger charge is 2.35. The fraction of sp³-hybridized carbons (Fsp3) is 0.556. The summed E-state index contributed by atoms with van der Waals surface area (Å²) in [6.45, 7) is 9.68. The van der Waals surface area contributed by atoms with Crippen molar-refractivity contribution >= 4 is 15.7 Å². The largest absolute Gasteiger partial charge is 0.387 e. The van der Waals surface area contributed by atoms with Gasteiger partial charge in [-0.25, -0.2) is 8.42 Å². The lowest BCUT2D eigenvalue weighted by Gasteiger charge is -2.38. The van der Waals surface area contributed by atoms with Gasteiger partial charge in [-0.1, -0.05) is 39.0 Å². The smallest absolute Gasteiger partial charge is 0.264 e. The Hall–Kier alpha value is -1.93. The molecule has 34 heavy (non-hydrogen) atoms. The van der Waals surface area contributed by atoms with Crippen molar-refractivity contribution < 1.29 is 18.3 Å². The summed E-state index contributed by atoms with van der Waals surface area (Å²) in [5.41, 5.74) is 4.85. The molecule has 0 aromatic heterocycles. The molecule has 0 radical (unpaired) electrons. The standard InChI is InChI=1S/C27H38N2O4S/c1-4-20-7-12-26-22(17-20)8-9-23(6-3)29(26)34(31,32)24-10-11-25(21(5-2)18-24)27(30)19-28-13-15-33-16-14-28/h7,10-12,17-18,23,27,30H,4-6,8-9,13-16,19H2,1-3H3. The van der Waals surface area contributed by atoms with Crippen LogP contribution in [0.3, 0.4) is 0 Å². The number of aliphatic hydroxyl groups excluding tert-OH is 1. The van der Waals surface area contributed by atoms with Gasteiger partial charge in [-0.05, 0) is 72.6 Å². The van der Waals surface area contributed by atoms with Crippen LogP contribution in [0.25, 0.3) is 0 Å². The molecule has 2 atom stereocenters. The van der Waals surface area contributed by atoms with Crippen LogP contribution in [0, 0.1) is 0 Å². The minimum Gasteiger partial charge on any atom is -0.387 e. The van der Waals surface area contributed by atoms with Gasteiger partial charge in [-0.15, -0.1) is 0 Å². The molecule has 0 amide bonds. The molecule has 1 fully saturated rings. The number of anilines is 1. The molecule has 6 nitrogen and oxygen atoms in total. The van der Waals surface area contributed by atoms with Crippen LogP contribution in [0.2, 0.25) is 0 Å². The second-order valence-electron chi connectivity index (χ2n) is 9.36. The Balaban J connectivity index is 1.66. The van der Waals surface area contributed by atoms with E-state index in [9.17, 15) is 13.5 Å². The topological polar surface area (TPSA) is 70.1 Å². The van der Waals surface area contributed by atoms with Gasteiger partial charge in [0.1, 0.15) is 0 Å². The summed E-state index contributed by atoms with van der Waals surface area (Å²) in [7, 11) is -3.73. The molecule has 0 spiro atoms.